The Morgan fingerprint density at radius 2 is 2.21 bits per heavy atom. The monoisotopic (exact) mass is 262 g/mol. The van der Waals surface area contributed by atoms with Crippen LogP contribution in [0.25, 0.3) is 0 Å². The van der Waals surface area contributed by atoms with Crippen LogP contribution in [0.15, 0.2) is 30.5 Å². The van der Waals surface area contributed by atoms with Crippen molar-refractivity contribution in [1.29, 1.82) is 0 Å². The Bertz CT molecular complexity index is 606. The lowest BCUT2D eigenvalue weighted by Gasteiger charge is -2.12. The minimum Gasteiger partial charge on any atom is -0.397 e. The van der Waals surface area contributed by atoms with Gasteiger partial charge >= 0.3 is 0 Å². The highest BCUT2D eigenvalue weighted by Gasteiger charge is 2.15. The maximum absolute atomic E-state index is 12.9. The lowest BCUT2D eigenvalue weighted by Crippen LogP contribution is -2.18. The average Bonchev–Trinajstić information content (AvgIpc) is 2.71. The Hall–Kier alpha value is -2.37. The molecule has 0 aliphatic carbocycles. The highest BCUT2D eigenvalue weighted by Crippen LogP contribution is 2.17. The molecule has 0 unspecified atom stereocenters. The van der Waals surface area contributed by atoms with Gasteiger partial charge in [0.25, 0.3) is 5.91 Å². The molecular weight excluding hydrogens is 247 g/mol. The molecular formula is C13H15FN4O. The van der Waals surface area contributed by atoms with Crippen LogP contribution in [0.3, 0.4) is 0 Å². The SMILES string of the molecule is CC(C)n1cc(N)cc1C(=O)Nc1cccc(F)n1. The summed E-state index contributed by atoms with van der Waals surface area (Å²) in [6, 6.07) is 5.89. The van der Waals surface area contributed by atoms with Gasteiger partial charge in [-0.1, -0.05) is 6.07 Å². The normalized spacial score (nSPS) is 10.7. The molecule has 2 heterocycles. The highest BCUT2D eigenvalue weighted by molar-refractivity contribution is 6.03. The number of hydrogen-bond donors (Lipinski definition) is 2. The summed E-state index contributed by atoms with van der Waals surface area (Å²) in [6.07, 6.45) is 1.69. The number of nitrogens with one attached hydrogen (secondary N) is 1. The fraction of sp³-hybridized carbons (Fsp3) is 0.231. The quantitative estimate of drug-likeness (QED) is 0.834. The van der Waals surface area contributed by atoms with Crippen molar-refractivity contribution in [3.05, 3.63) is 42.1 Å². The van der Waals surface area contributed by atoms with Gasteiger partial charge in [0.2, 0.25) is 5.95 Å². The summed E-state index contributed by atoms with van der Waals surface area (Å²) in [5.74, 6) is -0.847. The van der Waals surface area contributed by atoms with Crippen LogP contribution in [0, 0.1) is 5.95 Å². The van der Waals surface area contributed by atoms with Gasteiger partial charge in [-0.3, -0.25) is 4.79 Å². The van der Waals surface area contributed by atoms with Crippen molar-refractivity contribution in [3.63, 3.8) is 0 Å². The first-order chi connectivity index (χ1) is 8.97. The van der Waals surface area contributed by atoms with E-state index in [4.69, 9.17) is 5.73 Å². The summed E-state index contributed by atoms with van der Waals surface area (Å²) in [7, 11) is 0. The van der Waals surface area contributed by atoms with E-state index in [2.05, 4.69) is 10.3 Å². The molecule has 0 radical (unpaired) electrons. The number of hydrogen-bond acceptors (Lipinski definition) is 3. The first-order valence-corrected chi connectivity index (χ1v) is 5.88. The maximum Gasteiger partial charge on any atom is 0.273 e. The topological polar surface area (TPSA) is 72.9 Å². The molecule has 0 spiro atoms. The molecule has 2 rings (SSSR count). The van der Waals surface area contributed by atoms with Gasteiger partial charge in [-0.05, 0) is 32.0 Å². The molecule has 0 saturated heterocycles. The molecule has 3 N–H and O–H groups in total. The smallest absolute Gasteiger partial charge is 0.273 e. The van der Waals surface area contributed by atoms with Crippen LogP contribution in [-0.2, 0) is 0 Å². The largest absolute Gasteiger partial charge is 0.397 e. The molecule has 100 valence electrons. The minimum atomic E-state index is -0.642. The van der Waals surface area contributed by atoms with Crippen LogP contribution >= 0.6 is 0 Å². The number of halogens is 1. The number of nitrogens with two attached hydrogens (primary N) is 1. The molecule has 2 aromatic rings. The van der Waals surface area contributed by atoms with Crippen molar-refractivity contribution in [3.8, 4) is 0 Å². The number of nitrogens with zero attached hydrogens (tertiary/aromatic N) is 2. The Morgan fingerprint density at radius 1 is 1.47 bits per heavy atom. The zero-order valence-electron chi connectivity index (χ0n) is 10.7. The fourth-order valence-electron chi connectivity index (χ4n) is 1.77. The molecule has 0 aliphatic rings. The highest BCUT2D eigenvalue weighted by atomic mass is 19.1. The second kappa shape index (κ2) is 5.09. The van der Waals surface area contributed by atoms with Gasteiger partial charge in [-0.2, -0.15) is 4.39 Å². The standard InChI is InChI=1S/C13H15FN4O/c1-8(2)18-7-9(15)6-10(18)13(19)17-12-5-3-4-11(14)16-12/h3-8H,15H2,1-2H3,(H,16,17,19). The van der Waals surface area contributed by atoms with Gasteiger partial charge in [0.15, 0.2) is 0 Å². The Kier molecular flexibility index (Phi) is 3.50. The molecule has 1 amide bonds. The summed E-state index contributed by atoms with van der Waals surface area (Å²) >= 11 is 0. The van der Waals surface area contributed by atoms with Crippen molar-refractivity contribution >= 4 is 17.4 Å². The van der Waals surface area contributed by atoms with Crippen LogP contribution in [0.2, 0.25) is 0 Å². The molecule has 6 heteroatoms. The molecule has 0 bridgehead atoms. The Morgan fingerprint density at radius 3 is 2.84 bits per heavy atom. The van der Waals surface area contributed by atoms with E-state index < -0.39 is 5.95 Å². The molecule has 2 aromatic heterocycles. The Labute approximate surface area is 110 Å². The van der Waals surface area contributed by atoms with Gasteiger partial charge in [0.1, 0.15) is 11.5 Å². The van der Waals surface area contributed by atoms with E-state index in [1.54, 1.807) is 16.8 Å². The molecule has 19 heavy (non-hydrogen) atoms. The van der Waals surface area contributed by atoms with Crippen molar-refractivity contribution in [2.24, 2.45) is 0 Å². The zero-order chi connectivity index (χ0) is 14.0. The summed E-state index contributed by atoms with van der Waals surface area (Å²) in [5, 5.41) is 2.54. The molecule has 0 saturated carbocycles. The van der Waals surface area contributed by atoms with Crippen LogP contribution < -0.4 is 11.1 Å². The van der Waals surface area contributed by atoms with Crippen LogP contribution in [0.5, 0.6) is 0 Å². The summed E-state index contributed by atoms with van der Waals surface area (Å²) in [5.41, 5.74) is 6.62. The molecule has 5 nitrogen and oxygen atoms in total. The zero-order valence-corrected chi connectivity index (χ0v) is 10.7. The second-order valence-electron chi connectivity index (χ2n) is 4.46. The van der Waals surface area contributed by atoms with E-state index in [0.29, 0.717) is 11.4 Å². The van der Waals surface area contributed by atoms with E-state index in [-0.39, 0.29) is 17.8 Å². The summed E-state index contributed by atoms with van der Waals surface area (Å²) < 4.78 is 14.7. The van der Waals surface area contributed by atoms with Crippen molar-refractivity contribution in [1.82, 2.24) is 9.55 Å². The lowest BCUT2D eigenvalue weighted by atomic mass is 10.3. The molecule has 0 aromatic carbocycles. The van der Waals surface area contributed by atoms with Gasteiger partial charge in [-0.25, -0.2) is 4.98 Å². The molecule has 0 aliphatic heterocycles. The average molecular weight is 262 g/mol. The summed E-state index contributed by atoms with van der Waals surface area (Å²) in [6.45, 7) is 3.88. The van der Waals surface area contributed by atoms with Crippen LogP contribution in [-0.4, -0.2) is 15.5 Å². The predicted molar refractivity (Wildman–Crippen MR) is 71.4 cm³/mol. The van der Waals surface area contributed by atoms with Crippen molar-refractivity contribution in [2.75, 3.05) is 11.1 Å². The third-order valence-corrected chi connectivity index (χ3v) is 2.62. The maximum atomic E-state index is 12.9. The number of amides is 1. The van der Waals surface area contributed by atoms with E-state index in [1.165, 1.54) is 18.2 Å². The first kappa shape index (κ1) is 13.1. The predicted octanol–water partition coefficient (Wildman–Crippen LogP) is 2.44. The van der Waals surface area contributed by atoms with Gasteiger partial charge in [-0.15, -0.1) is 0 Å². The molecule has 0 fully saturated rings. The third kappa shape index (κ3) is 2.90. The third-order valence-electron chi connectivity index (χ3n) is 2.62. The van der Waals surface area contributed by atoms with E-state index in [1.807, 2.05) is 13.8 Å². The number of pyridine rings is 1. The second-order valence-corrected chi connectivity index (χ2v) is 4.46. The van der Waals surface area contributed by atoms with Gasteiger partial charge in [0.05, 0.1) is 5.69 Å². The van der Waals surface area contributed by atoms with E-state index in [9.17, 15) is 9.18 Å². The first-order valence-electron chi connectivity index (χ1n) is 5.88. The van der Waals surface area contributed by atoms with Crippen LogP contribution in [0.1, 0.15) is 30.4 Å². The van der Waals surface area contributed by atoms with Gasteiger partial charge < -0.3 is 15.6 Å². The fourth-order valence-corrected chi connectivity index (χ4v) is 1.77. The number of rotatable bonds is 3. The minimum absolute atomic E-state index is 0.0959. The van der Waals surface area contributed by atoms with E-state index in [0.717, 1.165) is 0 Å². The summed E-state index contributed by atoms with van der Waals surface area (Å²) in [4.78, 5) is 15.7. The Balaban J connectivity index is 2.25. The number of nitrogen functional groups attached to an aromatic ring is 1. The number of aromatic nitrogens is 2. The molecule has 0 atom stereocenters. The number of anilines is 2. The van der Waals surface area contributed by atoms with Crippen LogP contribution in [0.4, 0.5) is 15.9 Å². The number of carbonyl (C=O) groups is 1. The van der Waals surface area contributed by atoms with Crippen molar-refractivity contribution < 1.29 is 9.18 Å². The van der Waals surface area contributed by atoms with Crippen molar-refractivity contribution in [2.45, 2.75) is 19.9 Å². The number of carbonyl (C=O) groups excluding carboxylic acids is 1. The van der Waals surface area contributed by atoms with Gasteiger partial charge in [0, 0.05) is 12.2 Å². The lowest BCUT2D eigenvalue weighted by molar-refractivity contribution is 0.101. The van der Waals surface area contributed by atoms with E-state index >= 15 is 0 Å².